The van der Waals surface area contributed by atoms with Crippen LogP contribution in [0.1, 0.15) is 27.7 Å². The Morgan fingerprint density at radius 1 is 0.571 bits per heavy atom. The molecule has 0 unspecified atom stereocenters. The first-order chi connectivity index (χ1) is 23.8. The van der Waals surface area contributed by atoms with Crippen molar-refractivity contribution >= 4 is 55.1 Å². The lowest BCUT2D eigenvalue weighted by molar-refractivity contribution is 0.00578. The lowest BCUT2D eigenvalue weighted by Crippen LogP contribution is -2.41. The Labute approximate surface area is 289 Å². The smallest absolute Gasteiger partial charge is 0.399 e. The van der Waals surface area contributed by atoms with Gasteiger partial charge in [0.15, 0.2) is 17.5 Å². The van der Waals surface area contributed by atoms with E-state index in [1.54, 1.807) is 0 Å². The summed E-state index contributed by atoms with van der Waals surface area (Å²) in [6.07, 6.45) is 0. The molecule has 0 aliphatic carbocycles. The number of hydrogen-bond donors (Lipinski definition) is 0. The molecule has 1 aliphatic heterocycles. The molecular formula is C41H33BN4O2S. The number of thiophene rings is 1. The minimum atomic E-state index is -0.432. The average molecular weight is 657 g/mol. The summed E-state index contributed by atoms with van der Waals surface area (Å²) in [6, 6.07) is 43.9. The van der Waals surface area contributed by atoms with Gasteiger partial charge < -0.3 is 13.9 Å². The largest absolute Gasteiger partial charge is 0.494 e. The van der Waals surface area contributed by atoms with Gasteiger partial charge in [-0.15, -0.1) is 11.3 Å². The van der Waals surface area contributed by atoms with E-state index in [1.807, 2.05) is 72.0 Å². The van der Waals surface area contributed by atoms with Crippen molar-refractivity contribution in [2.24, 2.45) is 0 Å². The molecule has 5 aromatic carbocycles. The normalized spacial score (nSPS) is 15.5. The van der Waals surface area contributed by atoms with Gasteiger partial charge in [-0.05, 0) is 69.6 Å². The summed E-state index contributed by atoms with van der Waals surface area (Å²) in [4.78, 5) is 15.9. The second-order valence-electron chi connectivity index (χ2n) is 13.6. The molecule has 0 saturated carbocycles. The lowest BCUT2D eigenvalue weighted by Gasteiger charge is -2.32. The van der Waals surface area contributed by atoms with Gasteiger partial charge in [-0.3, -0.25) is 0 Å². The Balaban J connectivity index is 1.17. The van der Waals surface area contributed by atoms with E-state index in [-0.39, 0.29) is 0 Å². The van der Waals surface area contributed by atoms with Crippen LogP contribution in [0, 0.1) is 0 Å². The molecule has 238 valence electrons. The molecule has 0 amide bonds. The van der Waals surface area contributed by atoms with Crippen molar-refractivity contribution in [3.05, 3.63) is 127 Å². The molecule has 1 aliphatic rings. The van der Waals surface area contributed by atoms with Crippen LogP contribution in [-0.4, -0.2) is 37.8 Å². The molecule has 0 spiro atoms. The summed E-state index contributed by atoms with van der Waals surface area (Å²) in [6.45, 7) is 8.38. The van der Waals surface area contributed by atoms with Crippen LogP contribution in [0.25, 0.3) is 71.1 Å². The van der Waals surface area contributed by atoms with Crippen LogP contribution < -0.4 is 5.46 Å². The highest BCUT2D eigenvalue weighted by Gasteiger charge is 2.51. The fraction of sp³-hybridized carbons (Fsp3) is 0.146. The second kappa shape index (κ2) is 11.2. The van der Waals surface area contributed by atoms with E-state index in [1.165, 1.54) is 25.7 Å². The average Bonchev–Trinajstić information content (AvgIpc) is 3.73. The number of fused-ring (bicyclic) bond motifs is 5. The summed E-state index contributed by atoms with van der Waals surface area (Å²) in [7, 11) is -0.432. The van der Waals surface area contributed by atoms with Crippen LogP contribution in [0.3, 0.4) is 0 Å². The van der Waals surface area contributed by atoms with Gasteiger partial charge in [-0.1, -0.05) is 91.0 Å². The van der Waals surface area contributed by atoms with E-state index < -0.39 is 18.3 Å². The Morgan fingerprint density at radius 3 is 1.69 bits per heavy atom. The molecule has 6 nitrogen and oxygen atoms in total. The van der Waals surface area contributed by atoms with Crippen molar-refractivity contribution in [1.29, 1.82) is 0 Å². The van der Waals surface area contributed by atoms with E-state index in [4.69, 9.17) is 24.3 Å². The first-order valence-electron chi connectivity index (χ1n) is 16.5. The number of nitrogens with zero attached hydrogens (tertiary/aromatic N) is 4. The first-order valence-corrected chi connectivity index (χ1v) is 17.4. The third kappa shape index (κ3) is 4.98. The van der Waals surface area contributed by atoms with Crippen molar-refractivity contribution < 1.29 is 9.31 Å². The number of benzene rings is 5. The van der Waals surface area contributed by atoms with Crippen molar-refractivity contribution in [1.82, 2.24) is 19.5 Å². The van der Waals surface area contributed by atoms with Crippen molar-refractivity contribution in [3.8, 4) is 39.9 Å². The number of aromatic nitrogens is 4. The standard InChI is InChI=1S/C41H33BN4O2S/c1-40(2)41(3,4)48-42(47-40)29-21-24-33-32(25-29)35-31-17-11-12-18-34(31)49-39(35)46(33)30-22-19-28(20-23-30)38-44-36(26-13-7-5-8-14-26)43-37(45-38)27-15-9-6-10-16-27/h5-25H,1-4H3. The number of hydrogen-bond acceptors (Lipinski definition) is 6. The van der Waals surface area contributed by atoms with E-state index >= 15 is 0 Å². The van der Waals surface area contributed by atoms with Gasteiger partial charge in [-0.25, -0.2) is 15.0 Å². The molecule has 0 atom stereocenters. The minimum Gasteiger partial charge on any atom is -0.399 e. The topological polar surface area (TPSA) is 62.1 Å². The van der Waals surface area contributed by atoms with Gasteiger partial charge in [0.05, 0.1) is 16.7 Å². The van der Waals surface area contributed by atoms with Crippen LogP contribution in [0.4, 0.5) is 0 Å². The maximum Gasteiger partial charge on any atom is 0.494 e. The zero-order chi connectivity index (χ0) is 33.3. The molecule has 0 radical (unpaired) electrons. The molecule has 9 rings (SSSR count). The predicted octanol–water partition coefficient (Wildman–Crippen LogP) is 9.48. The van der Waals surface area contributed by atoms with Gasteiger partial charge in [0.25, 0.3) is 0 Å². The molecule has 0 N–H and O–H groups in total. The lowest BCUT2D eigenvalue weighted by atomic mass is 9.78. The third-order valence-corrected chi connectivity index (χ3v) is 11.1. The summed E-state index contributed by atoms with van der Waals surface area (Å²) in [5, 5.41) is 3.68. The predicted molar refractivity (Wildman–Crippen MR) is 202 cm³/mol. The fourth-order valence-corrected chi connectivity index (χ4v) is 7.84. The van der Waals surface area contributed by atoms with Crippen LogP contribution in [0.2, 0.25) is 0 Å². The molecule has 1 fully saturated rings. The van der Waals surface area contributed by atoms with Gasteiger partial charge in [0, 0.05) is 43.2 Å². The quantitative estimate of drug-likeness (QED) is 0.173. The zero-order valence-corrected chi connectivity index (χ0v) is 28.5. The van der Waals surface area contributed by atoms with E-state index in [9.17, 15) is 0 Å². The first kappa shape index (κ1) is 30.0. The van der Waals surface area contributed by atoms with E-state index in [0.29, 0.717) is 17.5 Å². The molecule has 49 heavy (non-hydrogen) atoms. The highest BCUT2D eigenvalue weighted by Crippen LogP contribution is 2.43. The van der Waals surface area contributed by atoms with Crippen LogP contribution in [0.15, 0.2) is 127 Å². The summed E-state index contributed by atoms with van der Waals surface area (Å²) in [5.41, 5.74) is 5.23. The Bertz CT molecular complexity index is 2430. The van der Waals surface area contributed by atoms with Gasteiger partial charge in [0.1, 0.15) is 4.83 Å². The fourth-order valence-electron chi connectivity index (χ4n) is 6.59. The van der Waals surface area contributed by atoms with Crippen LogP contribution in [0.5, 0.6) is 0 Å². The summed E-state index contributed by atoms with van der Waals surface area (Å²) >= 11 is 1.81. The monoisotopic (exact) mass is 656 g/mol. The van der Waals surface area contributed by atoms with Crippen molar-refractivity contribution in [3.63, 3.8) is 0 Å². The van der Waals surface area contributed by atoms with Gasteiger partial charge >= 0.3 is 7.12 Å². The highest BCUT2D eigenvalue weighted by atomic mass is 32.1. The van der Waals surface area contributed by atoms with Crippen LogP contribution >= 0.6 is 11.3 Å². The van der Waals surface area contributed by atoms with Crippen molar-refractivity contribution in [2.45, 2.75) is 38.9 Å². The SMILES string of the molecule is CC1(C)OB(c2ccc3c(c2)c2c4ccccc4sc2n3-c2ccc(-c3nc(-c4ccccc4)nc(-c4ccccc4)n3)cc2)OC1(C)C. The third-order valence-electron chi connectivity index (χ3n) is 9.92. The molecule has 1 saturated heterocycles. The van der Waals surface area contributed by atoms with E-state index in [0.717, 1.165) is 33.4 Å². The van der Waals surface area contributed by atoms with Crippen molar-refractivity contribution in [2.75, 3.05) is 0 Å². The maximum atomic E-state index is 6.46. The summed E-state index contributed by atoms with van der Waals surface area (Å²) < 4.78 is 16.5. The Kier molecular flexibility index (Phi) is 6.85. The zero-order valence-electron chi connectivity index (χ0n) is 27.7. The summed E-state index contributed by atoms with van der Waals surface area (Å²) in [5.74, 6) is 1.93. The molecule has 8 heteroatoms. The molecule has 0 bridgehead atoms. The Hall–Kier alpha value is -5.15. The second-order valence-corrected chi connectivity index (χ2v) is 14.6. The van der Waals surface area contributed by atoms with Crippen LogP contribution in [-0.2, 0) is 9.31 Å². The molecule has 8 aromatic rings. The molecule has 3 aromatic heterocycles. The maximum absolute atomic E-state index is 6.46. The van der Waals surface area contributed by atoms with E-state index in [2.05, 4.69) is 99.0 Å². The molecular weight excluding hydrogens is 623 g/mol. The molecule has 4 heterocycles. The minimum absolute atomic E-state index is 0.410. The highest BCUT2D eigenvalue weighted by molar-refractivity contribution is 7.25. The number of rotatable bonds is 5. The van der Waals surface area contributed by atoms with Gasteiger partial charge in [-0.2, -0.15) is 0 Å². The Morgan fingerprint density at radius 2 is 1.10 bits per heavy atom. The van der Waals surface area contributed by atoms with Gasteiger partial charge in [0.2, 0.25) is 0 Å².